The van der Waals surface area contributed by atoms with E-state index in [0.29, 0.717) is 22.8 Å². The van der Waals surface area contributed by atoms with Crippen LogP contribution >= 0.6 is 11.8 Å². The summed E-state index contributed by atoms with van der Waals surface area (Å²) >= 11 is 0.743. The van der Waals surface area contributed by atoms with Gasteiger partial charge in [0.1, 0.15) is 6.54 Å². The Kier molecular flexibility index (Phi) is 6.73. The smallest absolute Gasteiger partial charge is 0.326 e. The van der Waals surface area contributed by atoms with Crippen molar-refractivity contribution in [2.24, 2.45) is 0 Å². The molecule has 1 aromatic rings. The lowest BCUT2D eigenvalue weighted by Crippen LogP contribution is -2.35. The second-order valence-electron chi connectivity index (χ2n) is 5.73. The van der Waals surface area contributed by atoms with E-state index in [1.165, 1.54) is 27.4 Å². The van der Waals surface area contributed by atoms with Crippen LogP contribution in [-0.4, -0.2) is 56.0 Å². The Morgan fingerprint density at radius 1 is 1.11 bits per heavy atom. The number of carbonyl (C=O) groups is 3. The second kappa shape index (κ2) is 8.81. The molecule has 9 heteroatoms. The lowest BCUT2D eigenvalue weighted by molar-refractivity contribution is -0.149. The van der Waals surface area contributed by atoms with Gasteiger partial charge in [0.25, 0.3) is 11.1 Å². The number of ether oxygens (including phenoxy) is 4. The number of hydrogen-bond donors (Lipinski definition) is 0. The molecule has 2 amide bonds. The molecule has 0 saturated carbocycles. The third-order valence-corrected chi connectivity index (χ3v) is 4.46. The molecule has 1 heterocycles. The SMILES string of the molecule is COc1ccc(/C=C2\SC(=O)N(CC(=O)OC(C)C)C2=O)c(OC)c1OC. The Hall–Kier alpha value is -2.68. The van der Waals surface area contributed by atoms with Crippen molar-refractivity contribution in [3.63, 3.8) is 0 Å². The molecule has 0 unspecified atom stereocenters. The second-order valence-corrected chi connectivity index (χ2v) is 6.72. The van der Waals surface area contributed by atoms with Gasteiger partial charge in [-0.25, -0.2) is 0 Å². The lowest BCUT2D eigenvalue weighted by atomic mass is 10.1. The Balaban J connectivity index is 2.31. The van der Waals surface area contributed by atoms with Gasteiger partial charge in [0, 0.05) is 5.56 Å². The lowest BCUT2D eigenvalue weighted by Gasteiger charge is -2.14. The standard InChI is InChI=1S/C18H21NO7S/c1-10(2)26-14(20)9-19-17(21)13(27-18(19)22)8-11-6-7-12(23-3)16(25-5)15(11)24-4/h6-8,10H,9H2,1-5H3/b13-8-. The third kappa shape index (κ3) is 4.54. The van der Waals surface area contributed by atoms with E-state index in [9.17, 15) is 14.4 Å². The number of rotatable bonds is 7. The van der Waals surface area contributed by atoms with Gasteiger partial charge >= 0.3 is 5.97 Å². The van der Waals surface area contributed by atoms with Crippen LogP contribution in [0.3, 0.4) is 0 Å². The van der Waals surface area contributed by atoms with Crippen LogP contribution in [0.25, 0.3) is 6.08 Å². The third-order valence-electron chi connectivity index (χ3n) is 3.55. The maximum absolute atomic E-state index is 12.5. The molecule has 1 fully saturated rings. The summed E-state index contributed by atoms with van der Waals surface area (Å²) in [6.45, 7) is 2.95. The summed E-state index contributed by atoms with van der Waals surface area (Å²) < 4.78 is 20.9. The molecule has 146 valence electrons. The Labute approximate surface area is 161 Å². The fraction of sp³-hybridized carbons (Fsp3) is 0.389. The molecule has 0 aliphatic carbocycles. The summed E-state index contributed by atoms with van der Waals surface area (Å²) in [6.07, 6.45) is 1.18. The Morgan fingerprint density at radius 2 is 1.78 bits per heavy atom. The highest BCUT2D eigenvalue weighted by molar-refractivity contribution is 8.18. The van der Waals surface area contributed by atoms with Gasteiger partial charge < -0.3 is 18.9 Å². The largest absolute Gasteiger partial charge is 0.493 e. The predicted molar refractivity (Wildman–Crippen MR) is 100 cm³/mol. The van der Waals surface area contributed by atoms with E-state index in [1.54, 1.807) is 26.0 Å². The normalized spacial score (nSPS) is 15.5. The van der Waals surface area contributed by atoms with Gasteiger partial charge in [-0.15, -0.1) is 0 Å². The summed E-state index contributed by atoms with van der Waals surface area (Å²) in [7, 11) is 4.43. The molecule has 0 spiro atoms. The van der Waals surface area contributed by atoms with Gasteiger partial charge in [-0.05, 0) is 43.8 Å². The molecule has 27 heavy (non-hydrogen) atoms. The van der Waals surface area contributed by atoms with E-state index in [4.69, 9.17) is 18.9 Å². The molecule has 1 aliphatic heterocycles. The van der Waals surface area contributed by atoms with Crippen molar-refractivity contribution >= 4 is 35.0 Å². The molecular weight excluding hydrogens is 374 g/mol. The molecule has 1 aliphatic rings. The first-order chi connectivity index (χ1) is 12.8. The Bertz CT molecular complexity index is 788. The number of thioether (sulfide) groups is 1. The predicted octanol–water partition coefficient (Wildman–Crippen LogP) is 2.70. The van der Waals surface area contributed by atoms with E-state index in [0.717, 1.165) is 16.7 Å². The highest BCUT2D eigenvalue weighted by Gasteiger charge is 2.37. The average molecular weight is 395 g/mol. The topological polar surface area (TPSA) is 91.4 Å². The summed E-state index contributed by atoms with van der Waals surface area (Å²) in [5, 5.41) is -0.536. The first-order valence-corrected chi connectivity index (χ1v) is 8.87. The molecule has 0 aromatic heterocycles. The number of imide groups is 1. The van der Waals surface area contributed by atoms with Crippen LogP contribution < -0.4 is 14.2 Å². The minimum atomic E-state index is -0.641. The molecule has 0 bridgehead atoms. The molecule has 0 radical (unpaired) electrons. The fourth-order valence-corrected chi connectivity index (χ4v) is 3.27. The van der Waals surface area contributed by atoms with E-state index in [1.807, 2.05) is 0 Å². The summed E-state index contributed by atoms with van der Waals surface area (Å²) in [5.74, 6) is -0.00724. The van der Waals surface area contributed by atoms with Crippen molar-refractivity contribution in [1.29, 1.82) is 0 Å². The van der Waals surface area contributed by atoms with Crippen LogP contribution in [0, 0.1) is 0 Å². The van der Waals surface area contributed by atoms with Gasteiger partial charge in [0.15, 0.2) is 11.5 Å². The number of amides is 2. The monoisotopic (exact) mass is 395 g/mol. The number of carbonyl (C=O) groups excluding carboxylic acids is 3. The molecule has 2 rings (SSSR count). The van der Waals surface area contributed by atoms with Gasteiger partial charge in [0.05, 0.1) is 32.3 Å². The number of benzene rings is 1. The highest BCUT2D eigenvalue weighted by Crippen LogP contribution is 2.42. The maximum atomic E-state index is 12.5. The van der Waals surface area contributed by atoms with Crippen LogP contribution in [0.15, 0.2) is 17.0 Å². The zero-order valence-electron chi connectivity index (χ0n) is 15.7. The van der Waals surface area contributed by atoms with Crippen LogP contribution in [0.4, 0.5) is 4.79 Å². The zero-order chi connectivity index (χ0) is 20.1. The van der Waals surface area contributed by atoms with Gasteiger partial charge in [0.2, 0.25) is 5.75 Å². The van der Waals surface area contributed by atoms with Gasteiger partial charge in [-0.1, -0.05) is 0 Å². The number of hydrogen-bond acceptors (Lipinski definition) is 8. The van der Waals surface area contributed by atoms with E-state index in [-0.39, 0.29) is 11.0 Å². The Morgan fingerprint density at radius 3 is 2.33 bits per heavy atom. The first kappa shape index (κ1) is 20.6. The quantitative estimate of drug-likeness (QED) is 0.514. The van der Waals surface area contributed by atoms with Crippen LogP contribution in [0.5, 0.6) is 17.2 Å². The van der Waals surface area contributed by atoms with Gasteiger partial charge in [-0.3, -0.25) is 19.3 Å². The minimum Gasteiger partial charge on any atom is -0.493 e. The zero-order valence-corrected chi connectivity index (χ0v) is 16.5. The summed E-state index contributed by atoms with van der Waals surface area (Å²) in [6, 6.07) is 3.35. The number of esters is 1. The molecule has 8 nitrogen and oxygen atoms in total. The first-order valence-electron chi connectivity index (χ1n) is 8.06. The maximum Gasteiger partial charge on any atom is 0.326 e. The molecule has 1 saturated heterocycles. The molecule has 1 aromatic carbocycles. The van der Waals surface area contributed by atoms with Crippen molar-refractivity contribution in [2.75, 3.05) is 27.9 Å². The number of nitrogens with zero attached hydrogens (tertiary/aromatic N) is 1. The van der Waals surface area contributed by atoms with Gasteiger partial charge in [-0.2, -0.15) is 0 Å². The van der Waals surface area contributed by atoms with E-state index < -0.39 is 23.7 Å². The molecular formula is C18H21NO7S. The molecule has 0 N–H and O–H groups in total. The highest BCUT2D eigenvalue weighted by atomic mass is 32.2. The fourth-order valence-electron chi connectivity index (χ4n) is 2.44. The van der Waals surface area contributed by atoms with E-state index in [2.05, 4.69) is 0 Å². The van der Waals surface area contributed by atoms with Crippen molar-refractivity contribution in [2.45, 2.75) is 20.0 Å². The van der Waals surface area contributed by atoms with Crippen molar-refractivity contribution < 1.29 is 33.3 Å². The summed E-state index contributed by atoms with van der Waals surface area (Å²) in [5.41, 5.74) is 0.533. The summed E-state index contributed by atoms with van der Waals surface area (Å²) in [4.78, 5) is 37.5. The average Bonchev–Trinajstić information content (AvgIpc) is 2.87. The van der Waals surface area contributed by atoms with E-state index >= 15 is 0 Å². The van der Waals surface area contributed by atoms with Crippen LogP contribution in [0.2, 0.25) is 0 Å². The minimum absolute atomic E-state index is 0.169. The van der Waals surface area contributed by atoms with Crippen LogP contribution in [0.1, 0.15) is 19.4 Å². The van der Waals surface area contributed by atoms with Crippen LogP contribution in [-0.2, 0) is 14.3 Å². The number of methoxy groups -OCH3 is 3. The molecule has 0 atom stereocenters. The van der Waals surface area contributed by atoms with Crippen molar-refractivity contribution in [3.05, 3.63) is 22.6 Å². The van der Waals surface area contributed by atoms with Crippen molar-refractivity contribution in [1.82, 2.24) is 4.90 Å². The van der Waals surface area contributed by atoms with Crippen molar-refractivity contribution in [3.8, 4) is 17.2 Å².